The molecule has 0 saturated carbocycles. The second kappa shape index (κ2) is 14.3. The molecule has 0 atom stereocenters. The molecule has 2 aromatic carbocycles. The van der Waals surface area contributed by atoms with Crippen LogP contribution in [0.5, 0.6) is 11.5 Å². The maximum absolute atomic E-state index is 11.1. The Hall–Kier alpha value is -2.73. The summed E-state index contributed by atoms with van der Waals surface area (Å²) in [6, 6.07) is 13.2. The Morgan fingerprint density at radius 3 is 1.80 bits per heavy atom. The molecule has 0 fully saturated rings. The van der Waals surface area contributed by atoms with E-state index in [1.165, 1.54) is 0 Å². The van der Waals surface area contributed by atoms with Gasteiger partial charge in [0, 0.05) is 5.88 Å². The first-order chi connectivity index (χ1) is 14.4. The molecule has 30 heavy (non-hydrogen) atoms. The second-order valence-electron chi connectivity index (χ2n) is 6.19. The van der Waals surface area contributed by atoms with E-state index in [2.05, 4.69) is 0 Å². The van der Waals surface area contributed by atoms with Gasteiger partial charge in [-0.15, -0.1) is 11.6 Å². The highest BCUT2D eigenvalue weighted by atomic mass is 35.5. The van der Waals surface area contributed by atoms with Crippen LogP contribution < -0.4 is 9.47 Å². The first-order valence-corrected chi connectivity index (χ1v) is 10.2. The van der Waals surface area contributed by atoms with Crippen molar-refractivity contribution in [2.24, 2.45) is 0 Å². The van der Waals surface area contributed by atoms with Gasteiger partial charge in [-0.25, -0.2) is 9.59 Å². The van der Waals surface area contributed by atoms with Gasteiger partial charge in [0.2, 0.25) is 0 Å². The second-order valence-corrected chi connectivity index (χ2v) is 6.45. The van der Waals surface area contributed by atoms with Crippen molar-refractivity contribution in [1.29, 1.82) is 0 Å². The number of halogens is 1. The molecule has 0 unspecified atom stereocenters. The van der Waals surface area contributed by atoms with Crippen molar-refractivity contribution in [3.05, 3.63) is 59.2 Å². The van der Waals surface area contributed by atoms with Crippen molar-refractivity contribution in [3.8, 4) is 11.5 Å². The Morgan fingerprint density at radius 2 is 1.33 bits per heavy atom. The van der Waals surface area contributed by atoms with Gasteiger partial charge in [-0.05, 0) is 56.5 Å². The van der Waals surface area contributed by atoms with Crippen molar-refractivity contribution in [2.75, 3.05) is 26.4 Å². The Labute approximate surface area is 183 Å². The first-order valence-electron chi connectivity index (χ1n) is 9.69. The maximum atomic E-state index is 11.1. The average molecular weight is 437 g/mol. The SMILES string of the molecule is CCOC(=O)COc1ccc(CCl)cc1C.CCOC(=O)COc1ccccc1C. The van der Waals surface area contributed by atoms with Crippen molar-refractivity contribution in [2.45, 2.75) is 33.6 Å². The van der Waals surface area contributed by atoms with Gasteiger partial charge in [-0.3, -0.25) is 0 Å². The zero-order valence-electron chi connectivity index (χ0n) is 17.9. The Morgan fingerprint density at radius 1 is 0.800 bits per heavy atom. The van der Waals surface area contributed by atoms with E-state index in [1.54, 1.807) is 13.8 Å². The van der Waals surface area contributed by atoms with Crippen molar-refractivity contribution in [3.63, 3.8) is 0 Å². The lowest BCUT2D eigenvalue weighted by atomic mass is 10.1. The molecule has 0 bridgehead atoms. The fraction of sp³-hybridized carbons (Fsp3) is 0.391. The van der Waals surface area contributed by atoms with Gasteiger partial charge in [0.1, 0.15) is 11.5 Å². The van der Waals surface area contributed by atoms with Crippen LogP contribution >= 0.6 is 11.6 Å². The van der Waals surface area contributed by atoms with Crippen LogP contribution in [0.25, 0.3) is 0 Å². The summed E-state index contributed by atoms with van der Waals surface area (Å²) >= 11 is 5.71. The van der Waals surface area contributed by atoms with E-state index in [0.29, 0.717) is 24.8 Å². The van der Waals surface area contributed by atoms with Gasteiger partial charge in [0.25, 0.3) is 0 Å². The summed E-state index contributed by atoms with van der Waals surface area (Å²) in [4.78, 5) is 22.1. The first kappa shape index (κ1) is 25.3. The molecule has 0 aliphatic heterocycles. The van der Waals surface area contributed by atoms with E-state index < -0.39 is 0 Å². The van der Waals surface area contributed by atoms with E-state index in [9.17, 15) is 9.59 Å². The standard InChI is InChI=1S/C12H15ClO3.C11H14O3/c1-3-15-12(14)8-16-11-5-4-10(7-13)6-9(11)2;1-3-13-11(12)8-14-10-7-5-4-6-9(10)2/h4-6H,3,7-8H2,1-2H3;4-7H,3,8H2,1-2H3. The molecule has 2 rings (SSSR count). The number of alkyl halides is 1. The highest BCUT2D eigenvalue weighted by molar-refractivity contribution is 6.17. The lowest BCUT2D eigenvalue weighted by Crippen LogP contribution is -2.14. The minimum absolute atomic E-state index is 0.0291. The fourth-order valence-electron chi connectivity index (χ4n) is 2.35. The van der Waals surface area contributed by atoms with Gasteiger partial charge >= 0.3 is 11.9 Å². The number of aryl methyl sites for hydroxylation is 2. The Bertz CT molecular complexity index is 806. The number of hydrogen-bond donors (Lipinski definition) is 0. The summed E-state index contributed by atoms with van der Waals surface area (Å²) in [6.07, 6.45) is 0. The number of carbonyl (C=O) groups excluding carboxylic acids is 2. The monoisotopic (exact) mass is 436 g/mol. The molecule has 0 aliphatic carbocycles. The molecular formula is C23H29ClO6. The van der Waals surface area contributed by atoms with E-state index in [-0.39, 0.29) is 25.2 Å². The molecule has 0 N–H and O–H groups in total. The summed E-state index contributed by atoms with van der Waals surface area (Å²) in [5.41, 5.74) is 3.00. The number of carbonyl (C=O) groups is 2. The molecule has 0 heterocycles. The molecule has 0 spiro atoms. The minimum Gasteiger partial charge on any atom is -0.482 e. The number of esters is 2. The Balaban J connectivity index is 0.000000303. The highest BCUT2D eigenvalue weighted by Crippen LogP contribution is 2.20. The molecule has 0 aromatic heterocycles. The zero-order valence-corrected chi connectivity index (χ0v) is 18.7. The van der Waals surface area contributed by atoms with Crippen LogP contribution in [0, 0.1) is 13.8 Å². The van der Waals surface area contributed by atoms with Crippen LogP contribution in [-0.2, 0) is 24.9 Å². The summed E-state index contributed by atoms with van der Waals surface area (Å²) in [5.74, 6) is 1.18. The van der Waals surface area contributed by atoms with Crippen LogP contribution in [-0.4, -0.2) is 38.4 Å². The topological polar surface area (TPSA) is 71.1 Å². The molecular weight excluding hydrogens is 408 g/mol. The smallest absolute Gasteiger partial charge is 0.344 e. The van der Waals surface area contributed by atoms with Gasteiger partial charge in [0.15, 0.2) is 13.2 Å². The van der Waals surface area contributed by atoms with E-state index in [1.807, 2.05) is 56.3 Å². The third-order valence-corrected chi connectivity index (χ3v) is 4.10. The lowest BCUT2D eigenvalue weighted by molar-refractivity contribution is -0.146. The fourth-order valence-corrected chi connectivity index (χ4v) is 2.52. The van der Waals surface area contributed by atoms with Gasteiger partial charge in [0.05, 0.1) is 13.2 Å². The molecule has 0 saturated heterocycles. The normalized spacial score (nSPS) is 9.77. The predicted octanol–water partition coefficient (Wildman–Crippen LogP) is 4.61. The number of benzene rings is 2. The summed E-state index contributed by atoms with van der Waals surface area (Å²) in [7, 11) is 0. The Kier molecular flexibility index (Phi) is 12.0. The number of rotatable bonds is 9. The lowest BCUT2D eigenvalue weighted by Gasteiger charge is -2.09. The van der Waals surface area contributed by atoms with E-state index in [0.717, 1.165) is 22.4 Å². The van der Waals surface area contributed by atoms with E-state index >= 15 is 0 Å². The quantitative estimate of drug-likeness (QED) is 0.422. The zero-order chi connectivity index (χ0) is 22.4. The summed E-state index contributed by atoms with van der Waals surface area (Å²) < 4.78 is 20.1. The minimum atomic E-state index is -0.358. The van der Waals surface area contributed by atoms with Crippen molar-refractivity contribution >= 4 is 23.5 Å². The highest BCUT2D eigenvalue weighted by Gasteiger charge is 2.06. The predicted molar refractivity (Wildman–Crippen MR) is 116 cm³/mol. The summed E-state index contributed by atoms with van der Waals surface area (Å²) in [5, 5.41) is 0. The molecule has 0 radical (unpaired) electrons. The van der Waals surface area contributed by atoms with E-state index in [4.69, 9.17) is 30.5 Å². The third kappa shape index (κ3) is 9.65. The van der Waals surface area contributed by atoms with Crippen LogP contribution in [0.3, 0.4) is 0 Å². The van der Waals surface area contributed by atoms with Gasteiger partial charge in [-0.1, -0.05) is 30.3 Å². The number of hydrogen-bond acceptors (Lipinski definition) is 6. The van der Waals surface area contributed by atoms with Crippen LogP contribution in [0.2, 0.25) is 0 Å². The van der Waals surface area contributed by atoms with Crippen molar-refractivity contribution in [1.82, 2.24) is 0 Å². The molecule has 2 aromatic rings. The van der Waals surface area contributed by atoms with Crippen LogP contribution in [0.1, 0.15) is 30.5 Å². The van der Waals surface area contributed by atoms with Gasteiger partial charge in [-0.2, -0.15) is 0 Å². The molecule has 164 valence electrons. The third-order valence-electron chi connectivity index (χ3n) is 3.79. The number of para-hydroxylation sites is 1. The average Bonchev–Trinajstić information content (AvgIpc) is 2.73. The molecule has 7 heteroatoms. The van der Waals surface area contributed by atoms with Crippen LogP contribution in [0.4, 0.5) is 0 Å². The molecule has 0 aliphatic rings. The molecule has 0 amide bonds. The maximum Gasteiger partial charge on any atom is 0.344 e. The van der Waals surface area contributed by atoms with Crippen molar-refractivity contribution < 1.29 is 28.5 Å². The van der Waals surface area contributed by atoms with Crippen LogP contribution in [0.15, 0.2) is 42.5 Å². The molecule has 6 nitrogen and oxygen atoms in total. The number of ether oxygens (including phenoxy) is 4. The van der Waals surface area contributed by atoms with Gasteiger partial charge < -0.3 is 18.9 Å². The largest absolute Gasteiger partial charge is 0.482 e. The summed E-state index contributed by atoms with van der Waals surface area (Å²) in [6.45, 7) is 8.04.